The van der Waals surface area contributed by atoms with Crippen LogP contribution in [-0.2, 0) is 4.79 Å². The van der Waals surface area contributed by atoms with Crippen molar-refractivity contribution in [3.63, 3.8) is 0 Å². The minimum atomic E-state index is -1.34. The molecule has 4 rings (SSSR count). The predicted molar refractivity (Wildman–Crippen MR) is 141 cm³/mol. The van der Waals surface area contributed by atoms with Gasteiger partial charge in [-0.3, -0.25) is 9.59 Å². The maximum Gasteiger partial charge on any atom is 0.259 e. The minimum absolute atomic E-state index is 0.160. The molecule has 1 saturated carbocycles. The summed E-state index contributed by atoms with van der Waals surface area (Å²) in [6.07, 6.45) is 0. The molecular weight excluding hydrogens is 557 g/mol. The van der Waals surface area contributed by atoms with E-state index in [-0.39, 0.29) is 10.6 Å². The van der Waals surface area contributed by atoms with Crippen LogP contribution in [0, 0.1) is 18.7 Å². The van der Waals surface area contributed by atoms with Crippen LogP contribution < -0.4 is 10.2 Å². The summed E-state index contributed by atoms with van der Waals surface area (Å²) < 4.78 is 12.1. The molecule has 1 fully saturated rings. The van der Waals surface area contributed by atoms with Crippen LogP contribution >= 0.6 is 58.0 Å². The highest BCUT2D eigenvalue weighted by atomic mass is 35.5. The highest BCUT2D eigenvalue weighted by molar-refractivity contribution is 6.53. The van der Waals surface area contributed by atoms with Gasteiger partial charge in [0.2, 0.25) is 5.91 Å². The number of anilines is 2. The molecular formula is C25H18Cl5FN2O2. The number of benzene rings is 3. The molecule has 0 spiro atoms. The van der Waals surface area contributed by atoms with E-state index >= 15 is 0 Å². The Morgan fingerprint density at radius 3 is 2.26 bits per heavy atom. The van der Waals surface area contributed by atoms with E-state index < -0.39 is 33.8 Å². The van der Waals surface area contributed by atoms with Crippen LogP contribution in [0.1, 0.15) is 27.4 Å². The molecule has 0 heterocycles. The number of nitrogens with zero attached hydrogens (tertiary/aromatic N) is 1. The number of hydrogen-bond donors (Lipinski definition) is 1. The SMILES string of the molecule is Cc1cc(F)ccc1N(C)C(=O)c1cc(NC(=O)[C@@H]2[C@@H](c3cc(Cl)cc(Cl)c3)C2(Cl)Cl)ccc1Cl. The van der Waals surface area contributed by atoms with Gasteiger partial charge in [-0.05, 0) is 72.6 Å². The maximum atomic E-state index is 13.5. The Labute approximate surface area is 226 Å². The second kappa shape index (κ2) is 9.79. The monoisotopic (exact) mass is 572 g/mol. The van der Waals surface area contributed by atoms with Crippen molar-refractivity contribution in [2.45, 2.75) is 17.2 Å². The van der Waals surface area contributed by atoms with Gasteiger partial charge in [0.15, 0.2) is 0 Å². The molecule has 1 aliphatic rings. The lowest BCUT2D eigenvalue weighted by atomic mass is 10.1. The second-order valence-corrected chi connectivity index (χ2v) is 11.0. The molecule has 3 aromatic rings. The van der Waals surface area contributed by atoms with Gasteiger partial charge in [0.05, 0.1) is 16.5 Å². The first-order valence-electron chi connectivity index (χ1n) is 10.4. The molecule has 1 N–H and O–H groups in total. The Hall–Kier alpha value is -2.02. The molecule has 0 aromatic heterocycles. The number of alkyl halides is 2. The molecule has 1 aliphatic carbocycles. The molecule has 0 radical (unpaired) electrons. The largest absolute Gasteiger partial charge is 0.326 e. The highest BCUT2D eigenvalue weighted by Crippen LogP contribution is 2.65. The van der Waals surface area contributed by atoms with Crippen molar-refractivity contribution in [1.29, 1.82) is 0 Å². The summed E-state index contributed by atoms with van der Waals surface area (Å²) in [6, 6.07) is 13.6. The molecule has 0 unspecified atom stereocenters. The third-order valence-electron chi connectivity index (χ3n) is 5.87. The fraction of sp³-hybridized carbons (Fsp3) is 0.200. The summed E-state index contributed by atoms with van der Waals surface area (Å²) in [6.45, 7) is 1.70. The van der Waals surface area contributed by atoms with Crippen molar-refractivity contribution in [3.8, 4) is 0 Å². The number of carbonyl (C=O) groups excluding carboxylic acids is 2. The summed E-state index contributed by atoms with van der Waals surface area (Å²) in [5.41, 5.74) is 2.26. The molecule has 0 aliphatic heterocycles. The molecule has 4 nitrogen and oxygen atoms in total. The first-order chi connectivity index (χ1) is 16.4. The van der Waals surface area contributed by atoms with Crippen molar-refractivity contribution in [2.24, 2.45) is 5.92 Å². The number of rotatable bonds is 5. The lowest BCUT2D eigenvalue weighted by molar-refractivity contribution is -0.117. The van der Waals surface area contributed by atoms with Gasteiger partial charge in [0.25, 0.3) is 5.91 Å². The third kappa shape index (κ3) is 5.25. The van der Waals surface area contributed by atoms with Crippen molar-refractivity contribution in [3.05, 3.63) is 92.2 Å². The van der Waals surface area contributed by atoms with E-state index in [4.69, 9.17) is 58.0 Å². The van der Waals surface area contributed by atoms with Crippen LogP contribution in [0.3, 0.4) is 0 Å². The van der Waals surface area contributed by atoms with Gasteiger partial charge in [-0.15, -0.1) is 23.2 Å². The van der Waals surface area contributed by atoms with Gasteiger partial charge in [0.1, 0.15) is 10.2 Å². The topological polar surface area (TPSA) is 49.4 Å². The van der Waals surface area contributed by atoms with E-state index in [1.165, 1.54) is 35.2 Å². The summed E-state index contributed by atoms with van der Waals surface area (Å²) in [5.74, 6) is -2.53. The van der Waals surface area contributed by atoms with Gasteiger partial charge in [-0.2, -0.15) is 0 Å². The Morgan fingerprint density at radius 2 is 1.63 bits per heavy atom. The van der Waals surface area contributed by atoms with Gasteiger partial charge < -0.3 is 10.2 Å². The first kappa shape index (κ1) is 26.1. The van der Waals surface area contributed by atoms with Gasteiger partial charge in [0, 0.05) is 34.4 Å². The van der Waals surface area contributed by atoms with Crippen LogP contribution in [0.15, 0.2) is 54.6 Å². The van der Waals surface area contributed by atoms with Crippen LogP contribution in [0.25, 0.3) is 0 Å². The zero-order valence-electron chi connectivity index (χ0n) is 18.4. The Bertz CT molecular complexity index is 1330. The number of amides is 2. The average Bonchev–Trinajstić information content (AvgIpc) is 3.35. The van der Waals surface area contributed by atoms with Crippen molar-refractivity contribution in [2.75, 3.05) is 17.3 Å². The van der Waals surface area contributed by atoms with E-state index in [2.05, 4.69) is 5.32 Å². The molecule has 0 bridgehead atoms. The molecule has 0 saturated heterocycles. The van der Waals surface area contributed by atoms with Crippen LogP contribution in [0.5, 0.6) is 0 Å². The van der Waals surface area contributed by atoms with Gasteiger partial charge in [-0.25, -0.2) is 4.39 Å². The number of carbonyl (C=O) groups is 2. The van der Waals surface area contributed by atoms with E-state index in [1.807, 2.05) is 0 Å². The zero-order chi connectivity index (χ0) is 25.7. The Kier molecular flexibility index (Phi) is 7.29. The maximum absolute atomic E-state index is 13.5. The zero-order valence-corrected chi connectivity index (χ0v) is 22.2. The fourth-order valence-electron chi connectivity index (χ4n) is 4.09. The molecule has 35 heavy (non-hydrogen) atoms. The van der Waals surface area contributed by atoms with Crippen LogP contribution in [0.2, 0.25) is 15.1 Å². The fourth-order valence-corrected chi connectivity index (χ4v) is 5.66. The molecule has 2 amide bonds. The Morgan fingerprint density at radius 1 is 0.971 bits per heavy atom. The van der Waals surface area contributed by atoms with E-state index in [0.717, 1.165) is 0 Å². The predicted octanol–water partition coefficient (Wildman–Crippen LogP) is 7.90. The van der Waals surface area contributed by atoms with Gasteiger partial charge in [-0.1, -0.05) is 34.8 Å². The van der Waals surface area contributed by atoms with Crippen molar-refractivity contribution < 1.29 is 14.0 Å². The molecule has 182 valence electrons. The standard InChI is InChI=1S/C25H18Cl5FN2O2/c1-12-7-16(31)3-6-20(12)33(2)24(35)18-11-17(4-5-19(18)28)32-23(34)22-21(25(22,29)30)13-8-14(26)10-15(27)9-13/h3-11,21-22H,1-2H3,(H,32,34)/t21-,22+/m1/s1. The first-order valence-corrected chi connectivity index (χ1v) is 12.3. The minimum Gasteiger partial charge on any atom is -0.326 e. The summed E-state index contributed by atoms with van der Waals surface area (Å²) >= 11 is 31.3. The summed E-state index contributed by atoms with van der Waals surface area (Å²) in [7, 11) is 1.56. The number of nitrogens with one attached hydrogen (secondary N) is 1. The van der Waals surface area contributed by atoms with E-state index in [1.54, 1.807) is 38.2 Å². The quantitative estimate of drug-likeness (QED) is 0.315. The average molecular weight is 575 g/mol. The Balaban J connectivity index is 1.55. The van der Waals surface area contributed by atoms with Gasteiger partial charge >= 0.3 is 0 Å². The molecule has 2 atom stereocenters. The number of hydrogen-bond acceptors (Lipinski definition) is 2. The normalized spacial score (nSPS) is 18.2. The number of halogens is 6. The van der Waals surface area contributed by atoms with Crippen LogP contribution in [0.4, 0.5) is 15.8 Å². The molecule has 10 heteroatoms. The van der Waals surface area contributed by atoms with Crippen molar-refractivity contribution >= 4 is 81.2 Å². The van der Waals surface area contributed by atoms with E-state index in [0.29, 0.717) is 32.5 Å². The third-order valence-corrected chi connectivity index (χ3v) is 7.58. The lowest BCUT2D eigenvalue weighted by Gasteiger charge is -2.20. The number of aryl methyl sites for hydroxylation is 1. The second-order valence-electron chi connectivity index (χ2n) is 8.31. The highest BCUT2D eigenvalue weighted by Gasteiger charge is 2.67. The van der Waals surface area contributed by atoms with Crippen LogP contribution in [-0.4, -0.2) is 23.2 Å². The van der Waals surface area contributed by atoms with Crippen molar-refractivity contribution in [1.82, 2.24) is 0 Å². The molecule has 3 aromatic carbocycles. The van der Waals surface area contributed by atoms with E-state index in [9.17, 15) is 14.0 Å². The summed E-state index contributed by atoms with van der Waals surface area (Å²) in [4.78, 5) is 27.6. The smallest absolute Gasteiger partial charge is 0.259 e. The summed E-state index contributed by atoms with van der Waals surface area (Å²) in [5, 5.41) is 3.76. The lowest BCUT2D eigenvalue weighted by Crippen LogP contribution is -2.27.